The van der Waals surface area contributed by atoms with Crippen molar-refractivity contribution < 1.29 is 9.47 Å². The molecule has 3 rings (SSSR count). The van der Waals surface area contributed by atoms with Crippen molar-refractivity contribution in [2.24, 2.45) is 11.7 Å². The molecule has 0 saturated carbocycles. The second-order valence-electron chi connectivity index (χ2n) is 6.30. The summed E-state index contributed by atoms with van der Waals surface area (Å²) in [6, 6.07) is 18.4. The Morgan fingerprint density at radius 3 is 2.38 bits per heavy atom. The third-order valence-corrected chi connectivity index (χ3v) is 4.78. The Bertz CT molecular complexity index is 615. The van der Waals surface area contributed by atoms with Gasteiger partial charge < -0.3 is 15.2 Å². The molecule has 0 aromatic heterocycles. The smallest absolute Gasteiger partial charge is 0.119 e. The van der Waals surface area contributed by atoms with Crippen LogP contribution in [0.15, 0.2) is 54.6 Å². The van der Waals surface area contributed by atoms with E-state index in [2.05, 4.69) is 35.2 Å². The molecule has 4 nitrogen and oxygen atoms in total. The van der Waals surface area contributed by atoms with E-state index in [1.165, 1.54) is 5.56 Å². The first-order valence-corrected chi connectivity index (χ1v) is 8.54. The van der Waals surface area contributed by atoms with Crippen LogP contribution in [-0.2, 0) is 0 Å². The highest BCUT2D eigenvalue weighted by atomic mass is 16.5. The van der Waals surface area contributed by atoms with E-state index >= 15 is 0 Å². The Hall–Kier alpha value is -2.04. The van der Waals surface area contributed by atoms with Gasteiger partial charge in [-0.15, -0.1) is 0 Å². The summed E-state index contributed by atoms with van der Waals surface area (Å²) in [7, 11) is 1.67. The molecule has 2 aromatic carbocycles. The van der Waals surface area contributed by atoms with Crippen molar-refractivity contribution in [2.45, 2.75) is 5.92 Å². The summed E-state index contributed by atoms with van der Waals surface area (Å²) in [6.07, 6.45) is 0. The number of methoxy groups -OCH3 is 1. The second-order valence-corrected chi connectivity index (χ2v) is 6.30. The molecule has 1 heterocycles. The maximum absolute atomic E-state index is 6.00. The molecule has 0 amide bonds. The molecule has 1 aliphatic heterocycles. The van der Waals surface area contributed by atoms with Gasteiger partial charge in [0, 0.05) is 25.6 Å². The molecule has 128 valence electrons. The molecule has 0 radical (unpaired) electrons. The maximum atomic E-state index is 6.00. The first kappa shape index (κ1) is 16.8. The zero-order chi connectivity index (χ0) is 16.8. The summed E-state index contributed by atoms with van der Waals surface area (Å²) in [5, 5.41) is 0. The van der Waals surface area contributed by atoms with Crippen LogP contribution < -0.4 is 15.2 Å². The Morgan fingerprint density at radius 1 is 1.00 bits per heavy atom. The molecule has 1 saturated heterocycles. The number of hydrogen-bond acceptors (Lipinski definition) is 4. The van der Waals surface area contributed by atoms with E-state index in [-0.39, 0.29) is 0 Å². The molecular weight excluding hydrogens is 300 g/mol. The van der Waals surface area contributed by atoms with Crippen molar-refractivity contribution in [3.8, 4) is 11.5 Å². The first-order chi connectivity index (χ1) is 11.8. The molecule has 24 heavy (non-hydrogen) atoms. The average Bonchev–Trinajstić information content (AvgIpc) is 3.06. The first-order valence-electron chi connectivity index (χ1n) is 8.54. The van der Waals surface area contributed by atoms with E-state index < -0.39 is 0 Å². The van der Waals surface area contributed by atoms with E-state index in [9.17, 15) is 0 Å². The fourth-order valence-electron chi connectivity index (χ4n) is 3.42. The summed E-state index contributed by atoms with van der Waals surface area (Å²) in [6.45, 7) is 4.44. The number of benzene rings is 2. The lowest BCUT2D eigenvalue weighted by Crippen LogP contribution is -2.27. The minimum Gasteiger partial charge on any atom is -0.497 e. The minimum atomic E-state index is 0.522. The Labute approximate surface area is 144 Å². The van der Waals surface area contributed by atoms with Crippen molar-refractivity contribution in [1.82, 2.24) is 4.90 Å². The molecule has 0 spiro atoms. The van der Waals surface area contributed by atoms with Crippen LogP contribution in [0.3, 0.4) is 0 Å². The van der Waals surface area contributed by atoms with Crippen LogP contribution in [0.4, 0.5) is 0 Å². The summed E-state index contributed by atoms with van der Waals surface area (Å²) in [5.74, 6) is 2.77. The molecule has 0 unspecified atom stereocenters. The van der Waals surface area contributed by atoms with Crippen molar-refractivity contribution in [3.63, 3.8) is 0 Å². The lowest BCUT2D eigenvalue weighted by atomic mass is 9.89. The van der Waals surface area contributed by atoms with Gasteiger partial charge in [0.05, 0.1) is 7.11 Å². The molecular formula is C20H26N2O2. The summed E-state index contributed by atoms with van der Waals surface area (Å²) in [5.41, 5.74) is 7.40. The van der Waals surface area contributed by atoms with Crippen LogP contribution >= 0.6 is 0 Å². The Morgan fingerprint density at radius 2 is 1.71 bits per heavy atom. The van der Waals surface area contributed by atoms with Gasteiger partial charge in [0.1, 0.15) is 18.1 Å². The van der Waals surface area contributed by atoms with Crippen molar-refractivity contribution in [2.75, 3.05) is 39.9 Å². The number of likely N-dealkylation sites (tertiary alicyclic amines) is 1. The van der Waals surface area contributed by atoms with Gasteiger partial charge >= 0.3 is 0 Å². The average molecular weight is 326 g/mol. The molecule has 4 heteroatoms. The fraction of sp³-hybridized carbons (Fsp3) is 0.400. The van der Waals surface area contributed by atoms with Gasteiger partial charge in [-0.1, -0.05) is 30.3 Å². The molecule has 2 atom stereocenters. The largest absolute Gasteiger partial charge is 0.497 e. The third-order valence-electron chi connectivity index (χ3n) is 4.78. The summed E-state index contributed by atoms with van der Waals surface area (Å²) < 4.78 is 11.0. The molecule has 2 N–H and O–H groups in total. The van der Waals surface area contributed by atoms with Crippen LogP contribution in [0, 0.1) is 5.92 Å². The van der Waals surface area contributed by atoms with Crippen molar-refractivity contribution in [3.05, 3.63) is 60.2 Å². The minimum absolute atomic E-state index is 0.522. The zero-order valence-corrected chi connectivity index (χ0v) is 14.2. The lowest BCUT2D eigenvalue weighted by Gasteiger charge is -2.17. The standard InChI is InChI=1S/C20H26N2O2/c1-23-18-7-9-19(10-8-18)24-12-11-22-14-17(13-21)20(15-22)16-5-3-2-4-6-16/h2-10,17,20H,11-15,21H2,1H3/t17-,20+/m1/s1. The monoisotopic (exact) mass is 326 g/mol. The van der Waals surface area contributed by atoms with E-state index in [4.69, 9.17) is 15.2 Å². The predicted molar refractivity (Wildman–Crippen MR) is 96.7 cm³/mol. The zero-order valence-electron chi connectivity index (χ0n) is 14.2. The van der Waals surface area contributed by atoms with E-state index in [0.717, 1.165) is 37.7 Å². The highest BCUT2D eigenvalue weighted by molar-refractivity contribution is 5.31. The molecule has 0 bridgehead atoms. The Balaban J connectivity index is 1.51. The van der Waals surface area contributed by atoms with Crippen molar-refractivity contribution in [1.29, 1.82) is 0 Å². The highest BCUT2D eigenvalue weighted by Crippen LogP contribution is 2.31. The van der Waals surface area contributed by atoms with Crippen LogP contribution in [0.5, 0.6) is 11.5 Å². The number of nitrogens with two attached hydrogens (primary N) is 1. The van der Waals surface area contributed by atoms with Gasteiger partial charge in [-0.05, 0) is 42.3 Å². The summed E-state index contributed by atoms with van der Waals surface area (Å²) >= 11 is 0. The fourth-order valence-corrected chi connectivity index (χ4v) is 3.42. The SMILES string of the molecule is COc1ccc(OCCN2C[C@@H](CN)[C@H](c3ccccc3)C2)cc1. The normalized spacial score (nSPS) is 20.9. The lowest BCUT2D eigenvalue weighted by molar-refractivity contribution is 0.232. The van der Waals surface area contributed by atoms with E-state index in [0.29, 0.717) is 18.4 Å². The number of nitrogens with zero attached hydrogens (tertiary/aromatic N) is 1. The van der Waals surface area contributed by atoms with Crippen molar-refractivity contribution >= 4 is 0 Å². The van der Waals surface area contributed by atoms with Crippen LogP contribution in [-0.4, -0.2) is 44.8 Å². The third kappa shape index (κ3) is 4.08. The van der Waals surface area contributed by atoms with E-state index in [1.807, 2.05) is 24.3 Å². The quantitative estimate of drug-likeness (QED) is 0.850. The number of hydrogen-bond donors (Lipinski definition) is 1. The number of rotatable bonds is 7. The summed E-state index contributed by atoms with van der Waals surface area (Å²) in [4.78, 5) is 2.46. The van der Waals surface area contributed by atoms with Crippen LogP contribution in [0.25, 0.3) is 0 Å². The van der Waals surface area contributed by atoms with Crippen LogP contribution in [0.1, 0.15) is 11.5 Å². The van der Waals surface area contributed by atoms with Gasteiger partial charge in [0.25, 0.3) is 0 Å². The van der Waals surface area contributed by atoms with Gasteiger partial charge in [0.2, 0.25) is 0 Å². The Kier molecular flexibility index (Phi) is 5.72. The van der Waals surface area contributed by atoms with Gasteiger partial charge in [-0.2, -0.15) is 0 Å². The molecule has 1 aliphatic rings. The second kappa shape index (κ2) is 8.18. The van der Waals surface area contributed by atoms with Gasteiger partial charge in [0.15, 0.2) is 0 Å². The van der Waals surface area contributed by atoms with Crippen LogP contribution in [0.2, 0.25) is 0 Å². The topological polar surface area (TPSA) is 47.7 Å². The predicted octanol–water partition coefficient (Wildman–Crippen LogP) is 2.75. The molecule has 0 aliphatic carbocycles. The van der Waals surface area contributed by atoms with Gasteiger partial charge in [-0.25, -0.2) is 0 Å². The highest BCUT2D eigenvalue weighted by Gasteiger charge is 2.32. The number of ether oxygens (including phenoxy) is 2. The van der Waals surface area contributed by atoms with E-state index in [1.54, 1.807) is 7.11 Å². The molecule has 1 fully saturated rings. The maximum Gasteiger partial charge on any atom is 0.119 e. The van der Waals surface area contributed by atoms with Gasteiger partial charge in [-0.3, -0.25) is 4.90 Å². The molecule has 2 aromatic rings.